The fraction of sp³-hybridized carbons (Fsp3) is 0.600. The highest BCUT2D eigenvalue weighted by atomic mass is 16.3. The van der Waals surface area contributed by atoms with E-state index in [0.29, 0.717) is 5.75 Å². The molecule has 0 spiro atoms. The first kappa shape index (κ1) is 25.5. The number of hydrogen-bond acceptors (Lipinski definition) is 1. The molecule has 0 bridgehead atoms. The molecule has 0 fully saturated rings. The van der Waals surface area contributed by atoms with Crippen LogP contribution in [0.4, 0.5) is 0 Å². The molecule has 0 aromatic heterocycles. The SMILES string of the molecule is CCCCCCCCCc1c(CCCCCC)ccc(O)c1C(C)(C)c1ccccc1. The van der Waals surface area contributed by atoms with Gasteiger partial charge in [-0.05, 0) is 48.4 Å². The van der Waals surface area contributed by atoms with Crippen LogP contribution in [-0.4, -0.2) is 5.11 Å². The van der Waals surface area contributed by atoms with Crippen molar-refractivity contribution < 1.29 is 5.11 Å². The Bertz CT molecular complexity index is 745. The Labute approximate surface area is 192 Å². The summed E-state index contributed by atoms with van der Waals surface area (Å²) in [5.74, 6) is 0.462. The summed E-state index contributed by atoms with van der Waals surface area (Å²) in [6.07, 6.45) is 16.6. The number of hydrogen-bond donors (Lipinski definition) is 1. The molecule has 2 aromatic carbocycles. The zero-order valence-electron chi connectivity index (χ0n) is 20.7. The minimum atomic E-state index is -0.207. The maximum absolute atomic E-state index is 11.0. The molecule has 0 atom stereocenters. The van der Waals surface area contributed by atoms with Gasteiger partial charge in [-0.25, -0.2) is 0 Å². The van der Waals surface area contributed by atoms with Crippen LogP contribution in [0.15, 0.2) is 42.5 Å². The Kier molecular flexibility index (Phi) is 11.2. The lowest BCUT2D eigenvalue weighted by Gasteiger charge is -2.31. The average Bonchev–Trinajstić information content (AvgIpc) is 2.77. The maximum atomic E-state index is 11.0. The molecular formula is C30H46O. The number of aromatic hydroxyl groups is 1. The first-order chi connectivity index (χ1) is 15.0. The molecule has 0 heterocycles. The maximum Gasteiger partial charge on any atom is 0.119 e. The Morgan fingerprint density at radius 2 is 1.19 bits per heavy atom. The van der Waals surface area contributed by atoms with Gasteiger partial charge in [0.25, 0.3) is 0 Å². The van der Waals surface area contributed by atoms with Crippen LogP contribution in [0, 0.1) is 0 Å². The third kappa shape index (κ3) is 7.70. The highest BCUT2D eigenvalue weighted by Gasteiger charge is 2.29. The number of unbranched alkanes of at least 4 members (excludes halogenated alkanes) is 9. The zero-order valence-corrected chi connectivity index (χ0v) is 20.7. The lowest BCUT2D eigenvalue weighted by atomic mass is 9.73. The van der Waals surface area contributed by atoms with E-state index < -0.39 is 0 Å². The topological polar surface area (TPSA) is 20.2 Å². The first-order valence-corrected chi connectivity index (χ1v) is 12.9. The van der Waals surface area contributed by atoms with Crippen LogP contribution < -0.4 is 0 Å². The number of phenols is 1. The van der Waals surface area contributed by atoms with Gasteiger partial charge in [0.05, 0.1) is 0 Å². The predicted molar refractivity (Wildman–Crippen MR) is 136 cm³/mol. The number of aryl methyl sites for hydroxylation is 1. The molecule has 2 rings (SSSR count). The second-order valence-electron chi connectivity index (χ2n) is 9.77. The summed E-state index contributed by atoms with van der Waals surface area (Å²) >= 11 is 0. The van der Waals surface area contributed by atoms with Crippen molar-refractivity contribution in [1.29, 1.82) is 0 Å². The van der Waals surface area contributed by atoms with Gasteiger partial charge in [0.2, 0.25) is 0 Å². The molecule has 0 amide bonds. The van der Waals surface area contributed by atoms with Gasteiger partial charge < -0.3 is 5.11 Å². The van der Waals surface area contributed by atoms with Gasteiger partial charge in [-0.3, -0.25) is 0 Å². The van der Waals surface area contributed by atoms with Crippen molar-refractivity contribution in [3.8, 4) is 5.75 Å². The van der Waals surface area contributed by atoms with E-state index in [1.54, 1.807) is 0 Å². The summed E-state index contributed by atoms with van der Waals surface area (Å²) < 4.78 is 0. The van der Waals surface area contributed by atoms with E-state index in [-0.39, 0.29) is 5.41 Å². The van der Waals surface area contributed by atoms with Crippen molar-refractivity contribution in [2.24, 2.45) is 0 Å². The summed E-state index contributed by atoms with van der Waals surface area (Å²) in [6, 6.07) is 14.8. The summed E-state index contributed by atoms with van der Waals surface area (Å²) in [7, 11) is 0. The smallest absolute Gasteiger partial charge is 0.119 e. The molecule has 2 aromatic rings. The summed E-state index contributed by atoms with van der Waals surface area (Å²) in [6.45, 7) is 9.09. The third-order valence-electron chi connectivity index (χ3n) is 6.84. The second-order valence-corrected chi connectivity index (χ2v) is 9.77. The van der Waals surface area contributed by atoms with Crippen molar-refractivity contribution >= 4 is 0 Å². The van der Waals surface area contributed by atoms with E-state index in [1.165, 1.54) is 87.3 Å². The standard InChI is InChI=1S/C30H46O/c1-5-7-9-11-12-13-18-22-27-25(19-15-10-8-6-2)23-24-28(31)29(27)30(3,4)26-20-16-14-17-21-26/h14,16-17,20-21,23-24,31H,5-13,15,18-19,22H2,1-4H3. The molecule has 172 valence electrons. The van der Waals surface area contributed by atoms with Crippen molar-refractivity contribution in [1.82, 2.24) is 0 Å². The van der Waals surface area contributed by atoms with Crippen molar-refractivity contribution in [3.05, 3.63) is 64.7 Å². The molecule has 0 saturated carbocycles. The molecule has 0 aliphatic rings. The van der Waals surface area contributed by atoms with E-state index >= 15 is 0 Å². The number of benzene rings is 2. The van der Waals surface area contributed by atoms with Crippen LogP contribution >= 0.6 is 0 Å². The van der Waals surface area contributed by atoms with Crippen LogP contribution in [-0.2, 0) is 18.3 Å². The van der Waals surface area contributed by atoms with Crippen molar-refractivity contribution in [2.75, 3.05) is 0 Å². The van der Waals surface area contributed by atoms with Gasteiger partial charge in [-0.15, -0.1) is 0 Å². The van der Waals surface area contributed by atoms with Gasteiger partial charge in [-0.2, -0.15) is 0 Å². The fourth-order valence-corrected chi connectivity index (χ4v) is 4.90. The lowest BCUT2D eigenvalue weighted by molar-refractivity contribution is 0.449. The van der Waals surface area contributed by atoms with Crippen molar-refractivity contribution in [2.45, 2.75) is 117 Å². The minimum Gasteiger partial charge on any atom is -0.508 e. The summed E-state index contributed by atoms with van der Waals surface area (Å²) in [5, 5.41) is 11.0. The molecule has 0 aliphatic heterocycles. The summed E-state index contributed by atoms with van der Waals surface area (Å²) in [4.78, 5) is 0. The molecule has 0 aliphatic carbocycles. The minimum absolute atomic E-state index is 0.207. The van der Waals surface area contributed by atoms with Crippen LogP contribution in [0.3, 0.4) is 0 Å². The second kappa shape index (κ2) is 13.6. The third-order valence-corrected chi connectivity index (χ3v) is 6.84. The van der Waals surface area contributed by atoms with Gasteiger partial charge in [0, 0.05) is 11.0 Å². The Morgan fingerprint density at radius 1 is 0.645 bits per heavy atom. The molecule has 1 nitrogen and oxygen atoms in total. The highest BCUT2D eigenvalue weighted by Crippen LogP contribution is 2.41. The van der Waals surface area contributed by atoms with E-state index in [9.17, 15) is 5.11 Å². The van der Waals surface area contributed by atoms with Crippen LogP contribution in [0.25, 0.3) is 0 Å². The summed E-state index contributed by atoms with van der Waals surface area (Å²) in [5.41, 5.74) is 5.09. The van der Waals surface area contributed by atoms with E-state index in [2.05, 4.69) is 64.1 Å². The lowest BCUT2D eigenvalue weighted by Crippen LogP contribution is -2.22. The Balaban J connectivity index is 2.25. The molecule has 1 N–H and O–H groups in total. The van der Waals surface area contributed by atoms with Gasteiger partial charge in [0.1, 0.15) is 5.75 Å². The van der Waals surface area contributed by atoms with E-state index in [1.807, 2.05) is 6.07 Å². The number of phenolic OH excluding ortho intramolecular Hbond substituents is 1. The first-order valence-electron chi connectivity index (χ1n) is 12.9. The van der Waals surface area contributed by atoms with Gasteiger partial charge >= 0.3 is 0 Å². The van der Waals surface area contributed by atoms with E-state index in [0.717, 1.165) is 18.4 Å². The van der Waals surface area contributed by atoms with E-state index in [4.69, 9.17) is 0 Å². The van der Waals surface area contributed by atoms with Crippen LogP contribution in [0.5, 0.6) is 5.75 Å². The van der Waals surface area contributed by atoms with Crippen molar-refractivity contribution in [3.63, 3.8) is 0 Å². The normalized spacial score (nSPS) is 11.7. The van der Waals surface area contributed by atoms with Gasteiger partial charge in [0.15, 0.2) is 0 Å². The quantitative estimate of drug-likeness (QED) is 0.284. The molecule has 0 unspecified atom stereocenters. The molecular weight excluding hydrogens is 376 g/mol. The Hall–Kier alpha value is -1.76. The highest BCUT2D eigenvalue weighted by molar-refractivity contribution is 5.53. The monoisotopic (exact) mass is 422 g/mol. The van der Waals surface area contributed by atoms with Gasteiger partial charge in [-0.1, -0.05) is 122 Å². The average molecular weight is 423 g/mol. The van der Waals surface area contributed by atoms with Crippen LogP contribution in [0.1, 0.15) is 121 Å². The predicted octanol–water partition coefficient (Wildman–Crippen LogP) is 9.13. The molecule has 1 heteroatoms. The van der Waals surface area contributed by atoms with Crippen LogP contribution in [0.2, 0.25) is 0 Å². The fourth-order valence-electron chi connectivity index (χ4n) is 4.90. The Morgan fingerprint density at radius 3 is 1.84 bits per heavy atom. The zero-order chi connectivity index (χ0) is 22.5. The molecule has 0 radical (unpaired) electrons. The molecule has 31 heavy (non-hydrogen) atoms. The molecule has 0 saturated heterocycles. The number of rotatable bonds is 15. The largest absolute Gasteiger partial charge is 0.508 e.